The maximum Gasteiger partial charge on any atom is 0.251 e. The first kappa shape index (κ1) is 16.0. The topological polar surface area (TPSA) is 64.3 Å². The first-order valence-corrected chi connectivity index (χ1v) is 7.46. The van der Waals surface area contributed by atoms with Gasteiger partial charge in [0.25, 0.3) is 5.91 Å². The highest BCUT2D eigenvalue weighted by atomic mass is 16.5. The summed E-state index contributed by atoms with van der Waals surface area (Å²) in [6, 6.07) is 15.4. The lowest BCUT2D eigenvalue weighted by Gasteiger charge is -2.09. The van der Waals surface area contributed by atoms with Gasteiger partial charge in [-0.05, 0) is 43.7 Å². The van der Waals surface area contributed by atoms with Gasteiger partial charge >= 0.3 is 0 Å². The van der Waals surface area contributed by atoms with E-state index < -0.39 is 0 Å². The fourth-order valence-electron chi connectivity index (χ4n) is 2.10. The van der Waals surface area contributed by atoms with Crippen LogP contribution in [-0.2, 0) is 6.61 Å². The molecule has 0 aliphatic rings. The van der Waals surface area contributed by atoms with Gasteiger partial charge in [-0.15, -0.1) is 0 Å². The fraction of sp³-hybridized carbons (Fsp3) is 0.278. The monoisotopic (exact) mass is 298 g/mol. The van der Waals surface area contributed by atoms with Crippen LogP contribution in [0.5, 0.6) is 5.75 Å². The van der Waals surface area contributed by atoms with Crippen LogP contribution in [0.25, 0.3) is 0 Å². The lowest BCUT2D eigenvalue weighted by molar-refractivity contribution is 0.0953. The number of carbonyl (C=O) groups is 1. The molecule has 1 amide bonds. The molecule has 4 nitrogen and oxygen atoms in total. The van der Waals surface area contributed by atoms with Crippen LogP contribution in [0.3, 0.4) is 0 Å². The van der Waals surface area contributed by atoms with Gasteiger partial charge in [0.1, 0.15) is 12.4 Å². The summed E-state index contributed by atoms with van der Waals surface area (Å²) in [6.07, 6.45) is 0.773. The van der Waals surface area contributed by atoms with Crippen molar-refractivity contribution in [1.29, 1.82) is 0 Å². The van der Waals surface area contributed by atoms with Gasteiger partial charge < -0.3 is 15.8 Å². The Morgan fingerprint density at radius 1 is 1.18 bits per heavy atom. The largest absolute Gasteiger partial charge is 0.489 e. The number of nitrogens with one attached hydrogen (secondary N) is 1. The molecule has 0 atom stereocenters. The van der Waals surface area contributed by atoms with Crippen LogP contribution in [0.15, 0.2) is 48.5 Å². The molecule has 2 aromatic carbocycles. The number of carbonyl (C=O) groups excluding carboxylic acids is 1. The molecule has 0 aromatic heterocycles. The van der Waals surface area contributed by atoms with Crippen molar-refractivity contribution >= 4 is 5.91 Å². The van der Waals surface area contributed by atoms with Crippen LogP contribution >= 0.6 is 0 Å². The third-order valence-corrected chi connectivity index (χ3v) is 3.25. The van der Waals surface area contributed by atoms with Crippen LogP contribution in [0.2, 0.25) is 0 Å². The summed E-state index contributed by atoms with van der Waals surface area (Å²) >= 11 is 0. The number of nitrogens with two attached hydrogens (primary N) is 1. The standard InChI is InChI=1S/C18H22N2O2/c1-14-5-2-6-15(11-14)13-22-17-8-3-7-16(12-17)18(21)20-10-4-9-19/h2-3,5-8,11-12H,4,9-10,13,19H2,1H3,(H,20,21). The average Bonchev–Trinajstić information content (AvgIpc) is 2.53. The fourth-order valence-corrected chi connectivity index (χ4v) is 2.10. The molecule has 116 valence electrons. The summed E-state index contributed by atoms with van der Waals surface area (Å²) in [7, 11) is 0. The zero-order valence-electron chi connectivity index (χ0n) is 12.8. The second-order valence-electron chi connectivity index (χ2n) is 5.20. The van der Waals surface area contributed by atoms with Crippen LogP contribution in [0.1, 0.15) is 27.9 Å². The number of ether oxygens (including phenoxy) is 1. The minimum absolute atomic E-state index is 0.102. The van der Waals surface area contributed by atoms with E-state index in [9.17, 15) is 4.79 Å². The summed E-state index contributed by atoms with van der Waals surface area (Å²) in [5, 5.41) is 2.83. The second kappa shape index (κ2) is 8.20. The molecule has 0 fully saturated rings. The molecule has 22 heavy (non-hydrogen) atoms. The lowest BCUT2D eigenvalue weighted by Crippen LogP contribution is -2.25. The Labute approximate surface area is 131 Å². The number of amides is 1. The van der Waals surface area contributed by atoms with Crippen LogP contribution in [0.4, 0.5) is 0 Å². The van der Waals surface area contributed by atoms with Crippen LogP contribution in [0, 0.1) is 6.92 Å². The van der Waals surface area contributed by atoms with E-state index >= 15 is 0 Å². The smallest absolute Gasteiger partial charge is 0.251 e. The van der Waals surface area contributed by atoms with Crippen LogP contribution < -0.4 is 15.8 Å². The van der Waals surface area contributed by atoms with Crippen molar-refractivity contribution in [3.05, 3.63) is 65.2 Å². The van der Waals surface area contributed by atoms with Gasteiger partial charge in [-0.25, -0.2) is 0 Å². The van der Waals surface area contributed by atoms with E-state index in [-0.39, 0.29) is 5.91 Å². The third-order valence-electron chi connectivity index (χ3n) is 3.25. The molecule has 2 aromatic rings. The zero-order valence-corrected chi connectivity index (χ0v) is 12.8. The van der Waals surface area contributed by atoms with Crippen molar-refractivity contribution in [2.45, 2.75) is 20.0 Å². The van der Waals surface area contributed by atoms with E-state index in [1.165, 1.54) is 5.56 Å². The molecule has 0 radical (unpaired) electrons. The summed E-state index contributed by atoms with van der Waals surface area (Å²) in [5.41, 5.74) is 8.32. The highest BCUT2D eigenvalue weighted by Crippen LogP contribution is 2.15. The maximum atomic E-state index is 12.0. The molecule has 0 aliphatic carbocycles. The first-order chi connectivity index (χ1) is 10.7. The normalized spacial score (nSPS) is 10.3. The average molecular weight is 298 g/mol. The molecule has 2 rings (SSSR count). The number of aryl methyl sites for hydroxylation is 1. The Balaban J connectivity index is 1.95. The third kappa shape index (κ3) is 4.90. The van der Waals surface area contributed by atoms with Crippen LogP contribution in [-0.4, -0.2) is 19.0 Å². The van der Waals surface area contributed by atoms with Crippen molar-refractivity contribution in [2.24, 2.45) is 5.73 Å². The number of hydrogen-bond acceptors (Lipinski definition) is 3. The van der Waals surface area contributed by atoms with Crippen molar-refractivity contribution in [3.8, 4) is 5.75 Å². The van der Waals surface area contributed by atoms with E-state index in [0.717, 1.165) is 12.0 Å². The second-order valence-corrected chi connectivity index (χ2v) is 5.20. The molecule has 0 unspecified atom stereocenters. The van der Waals surface area contributed by atoms with E-state index in [4.69, 9.17) is 10.5 Å². The van der Waals surface area contributed by atoms with Gasteiger partial charge in [0.15, 0.2) is 0 Å². The molecule has 0 bridgehead atoms. The molecular formula is C18H22N2O2. The zero-order chi connectivity index (χ0) is 15.8. The molecule has 0 saturated heterocycles. The number of rotatable bonds is 7. The molecule has 0 saturated carbocycles. The molecule has 4 heteroatoms. The SMILES string of the molecule is Cc1cccc(COc2cccc(C(=O)NCCCN)c2)c1. The molecule has 3 N–H and O–H groups in total. The molecular weight excluding hydrogens is 276 g/mol. The lowest BCUT2D eigenvalue weighted by atomic mass is 10.1. The first-order valence-electron chi connectivity index (χ1n) is 7.46. The summed E-state index contributed by atoms with van der Waals surface area (Å²) in [5.74, 6) is 0.586. The predicted molar refractivity (Wildman–Crippen MR) is 88.0 cm³/mol. The van der Waals surface area contributed by atoms with Gasteiger partial charge in [-0.1, -0.05) is 35.9 Å². The van der Waals surface area contributed by atoms with E-state index in [1.807, 2.05) is 24.3 Å². The minimum Gasteiger partial charge on any atom is -0.489 e. The van der Waals surface area contributed by atoms with Gasteiger partial charge in [0.2, 0.25) is 0 Å². The predicted octanol–water partition coefficient (Wildman–Crippen LogP) is 2.65. The highest BCUT2D eigenvalue weighted by molar-refractivity contribution is 5.94. The van der Waals surface area contributed by atoms with Gasteiger partial charge in [0.05, 0.1) is 0 Å². The Hall–Kier alpha value is -2.33. The van der Waals surface area contributed by atoms with E-state index in [0.29, 0.717) is 31.0 Å². The summed E-state index contributed by atoms with van der Waals surface area (Å²) in [6.45, 7) is 3.69. The van der Waals surface area contributed by atoms with Crippen molar-refractivity contribution in [3.63, 3.8) is 0 Å². The minimum atomic E-state index is -0.102. The van der Waals surface area contributed by atoms with Gasteiger partial charge in [-0.2, -0.15) is 0 Å². The molecule has 0 heterocycles. The van der Waals surface area contributed by atoms with Crippen molar-refractivity contribution < 1.29 is 9.53 Å². The van der Waals surface area contributed by atoms with Gasteiger partial charge in [-0.3, -0.25) is 4.79 Å². The summed E-state index contributed by atoms with van der Waals surface area (Å²) < 4.78 is 5.76. The molecule has 0 spiro atoms. The van der Waals surface area contributed by atoms with E-state index in [1.54, 1.807) is 12.1 Å². The number of hydrogen-bond donors (Lipinski definition) is 2. The molecule has 0 aliphatic heterocycles. The Morgan fingerprint density at radius 3 is 2.77 bits per heavy atom. The van der Waals surface area contributed by atoms with E-state index in [2.05, 4.69) is 24.4 Å². The Morgan fingerprint density at radius 2 is 2.00 bits per heavy atom. The maximum absolute atomic E-state index is 12.0. The van der Waals surface area contributed by atoms with Crippen molar-refractivity contribution in [2.75, 3.05) is 13.1 Å². The Bertz CT molecular complexity index is 626. The number of benzene rings is 2. The Kier molecular flexibility index (Phi) is 5.98. The highest BCUT2D eigenvalue weighted by Gasteiger charge is 2.06. The summed E-state index contributed by atoms with van der Waals surface area (Å²) in [4.78, 5) is 12.0. The van der Waals surface area contributed by atoms with Gasteiger partial charge in [0, 0.05) is 12.1 Å². The van der Waals surface area contributed by atoms with Crippen molar-refractivity contribution in [1.82, 2.24) is 5.32 Å². The quantitative estimate of drug-likeness (QED) is 0.772.